The van der Waals surface area contributed by atoms with Crippen LogP contribution in [0.5, 0.6) is 5.75 Å². The van der Waals surface area contributed by atoms with Crippen LogP contribution in [0.2, 0.25) is 0 Å². The van der Waals surface area contributed by atoms with E-state index in [2.05, 4.69) is 4.74 Å². The van der Waals surface area contributed by atoms with Crippen molar-refractivity contribution in [3.8, 4) is 5.75 Å². The number of Topliss-reactive ketones (excluding diaryl/α,β-unsaturated/α-hetero) is 1. The minimum atomic E-state index is -0.503. The van der Waals surface area contributed by atoms with Crippen molar-refractivity contribution >= 4 is 22.7 Å². The summed E-state index contributed by atoms with van der Waals surface area (Å²) in [7, 11) is 1.53. The van der Waals surface area contributed by atoms with Crippen molar-refractivity contribution in [2.24, 2.45) is 0 Å². The molecule has 0 radical (unpaired) electrons. The van der Waals surface area contributed by atoms with Crippen LogP contribution in [0.15, 0.2) is 28.7 Å². The Bertz CT molecular complexity index is 596. The topological polar surface area (TPSA) is 65.7 Å². The van der Waals surface area contributed by atoms with Gasteiger partial charge in [-0.2, -0.15) is 0 Å². The molecular weight excluding hydrogens is 236 g/mol. The number of para-hydroxylation sites is 1. The summed E-state index contributed by atoms with van der Waals surface area (Å²) in [5.41, 5.74) is 0.506. The van der Waals surface area contributed by atoms with Crippen molar-refractivity contribution in [2.45, 2.75) is 6.92 Å². The number of furan rings is 1. The Morgan fingerprint density at radius 1 is 1.33 bits per heavy atom. The lowest BCUT2D eigenvalue weighted by molar-refractivity contribution is -0.139. The minimum Gasteiger partial charge on any atom is -0.493 e. The lowest BCUT2D eigenvalue weighted by Gasteiger charge is -1.99. The number of ketones is 1. The Hall–Kier alpha value is -2.30. The highest BCUT2D eigenvalue weighted by molar-refractivity contribution is 5.99. The van der Waals surface area contributed by atoms with Crippen LogP contribution in [0.25, 0.3) is 11.0 Å². The highest BCUT2D eigenvalue weighted by Crippen LogP contribution is 2.28. The number of esters is 1. The molecule has 0 N–H and O–H groups in total. The largest absolute Gasteiger partial charge is 0.493 e. The van der Waals surface area contributed by atoms with Gasteiger partial charge in [0.1, 0.15) is 0 Å². The summed E-state index contributed by atoms with van der Waals surface area (Å²) in [4.78, 5) is 22.3. The molecule has 0 saturated heterocycles. The molecule has 18 heavy (non-hydrogen) atoms. The molecule has 0 saturated carbocycles. The number of fused-ring (bicyclic) bond motifs is 1. The van der Waals surface area contributed by atoms with Gasteiger partial charge in [0.2, 0.25) is 5.78 Å². The molecule has 1 aromatic heterocycles. The van der Waals surface area contributed by atoms with Gasteiger partial charge in [0.25, 0.3) is 0 Å². The number of hydrogen-bond acceptors (Lipinski definition) is 5. The molecule has 5 heteroatoms. The second-order valence-electron chi connectivity index (χ2n) is 3.69. The monoisotopic (exact) mass is 248 g/mol. The molecule has 0 atom stereocenters. The lowest BCUT2D eigenvalue weighted by Crippen LogP contribution is -2.10. The lowest BCUT2D eigenvalue weighted by atomic mass is 10.2. The Balaban J connectivity index is 2.29. The van der Waals surface area contributed by atoms with Crippen LogP contribution < -0.4 is 4.74 Å². The van der Waals surface area contributed by atoms with Gasteiger partial charge in [-0.1, -0.05) is 12.1 Å². The molecule has 5 nitrogen and oxygen atoms in total. The van der Waals surface area contributed by atoms with Gasteiger partial charge < -0.3 is 13.9 Å². The number of hydrogen-bond donors (Lipinski definition) is 0. The summed E-state index contributed by atoms with van der Waals surface area (Å²) in [6.07, 6.45) is 0. The summed E-state index contributed by atoms with van der Waals surface area (Å²) in [5, 5.41) is 0.764. The second-order valence-corrected chi connectivity index (χ2v) is 3.69. The maximum Gasteiger partial charge on any atom is 0.303 e. The van der Waals surface area contributed by atoms with Crippen LogP contribution in [0, 0.1) is 0 Å². The molecule has 1 heterocycles. The van der Waals surface area contributed by atoms with E-state index in [1.165, 1.54) is 14.0 Å². The number of benzene rings is 1. The average molecular weight is 248 g/mol. The highest BCUT2D eigenvalue weighted by Gasteiger charge is 2.15. The van der Waals surface area contributed by atoms with Gasteiger partial charge in [0.05, 0.1) is 7.11 Å². The first kappa shape index (κ1) is 12.2. The SMILES string of the molecule is COc1cccc2cc(C(=O)COC(C)=O)oc12. The number of rotatable bonds is 4. The number of carbonyl (C=O) groups is 2. The van der Waals surface area contributed by atoms with Crippen molar-refractivity contribution in [2.75, 3.05) is 13.7 Å². The van der Waals surface area contributed by atoms with Gasteiger partial charge >= 0.3 is 5.97 Å². The fourth-order valence-corrected chi connectivity index (χ4v) is 1.57. The average Bonchev–Trinajstić information content (AvgIpc) is 2.79. The first-order valence-electron chi connectivity index (χ1n) is 5.35. The Labute approximate surface area is 103 Å². The Morgan fingerprint density at radius 3 is 2.78 bits per heavy atom. The molecule has 0 fully saturated rings. The van der Waals surface area contributed by atoms with Gasteiger partial charge in [-0.05, 0) is 12.1 Å². The number of methoxy groups -OCH3 is 1. The third kappa shape index (κ3) is 2.34. The van der Waals surface area contributed by atoms with E-state index in [1.807, 2.05) is 6.07 Å². The Morgan fingerprint density at radius 2 is 2.11 bits per heavy atom. The van der Waals surface area contributed by atoms with Crippen LogP contribution in [-0.4, -0.2) is 25.5 Å². The third-order valence-electron chi connectivity index (χ3n) is 2.41. The van der Waals surface area contributed by atoms with Crippen LogP contribution in [0.3, 0.4) is 0 Å². The summed E-state index contributed by atoms with van der Waals surface area (Å²) in [5.74, 6) is -0.185. The predicted molar refractivity (Wildman–Crippen MR) is 63.7 cm³/mol. The molecule has 0 bridgehead atoms. The van der Waals surface area contributed by atoms with E-state index in [0.29, 0.717) is 11.3 Å². The van der Waals surface area contributed by atoms with E-state index in [0.717, 1.165) is 5.39 Å². The molecule has 2 aromatic rings. The van der Waals surface area contributed by atoms with Crippen molar-refractivity contribution < 1.29 is 23.5 Å². The first-order chi connectivity index (χ1) is 8.61. The van der Waals surface area contributed by atoms with Crippen molar-refractivity contribution in [3.05, 3.63) is 30.0 Å². The Kier molecular flexibility index (Phi) is 3.32. The van der Waals surface area contributed by atoms with Gasteiger partial charge in [0.15, 0.2) is 23.7 Å². The molecule has 2 rings (SSSR count). The molecule has 0 aliphatic heterocycles. The van der Waals surface area contributed by atoms with E-state index >= 15 is 0 Å². The van der Waals surface area contributed by atoms with Crippen LogP contribution in [-0.2, 0) is 9.53 Å². The van der Waals surface area contributed by atoms with Gasteiger partial charge in [-0.15, -0.1) is 0 Å². The fourth-order valence-electron chi connectivity index (χ4n) is 1.57. The standard InChI is InChI=1S/C13H12O5/c1-8(14)17-7-10(15)12-6-9-4-3-5-11(16-2)13(9)18-12/h3-6H,7H2,1-2H3. The smallest absolute Gasteiger partial charge is 0.303 e. The normalized spacial score (nSPS) is 10.3. The molecule has 0 amide bonds. The zero-order chi connectivity index (χ0) is 13.1. The third-order valence-corrected chi connectivity index (χ3v) is 2.41. The molecule has 0 spiro atoms. The zero-order valence-electron chi connectivity index (χ0n) is 10.1. The fraction of sp³-hybridized carbons (Fsp3) is 0.231. The molecule has 0 unspecified atom stereocenters. The van der Waals surface area contributed by atoms with Crippen molar-refractivity contribution in [1.82, 2.24) is 0 Å². The molecule has 94 valence electrons. The van der Waals surface area contributed by atoms with E-state index in [4.69, 9.17) is 9.15 Å². The van der Waals surface area contributed by atoms with Crippen LogP contribution >= 0.6 is 0 Å². The zero-order valence-corrected chi connectivity index (χ0v) is 10.1. The molecule has 0 aliphatic carbocycles. The second kappa shape index (κ2) is 4.91. The van der Waals surface area contributed by atoms with Crippen molar-refractivity contribution in [1.29, 1.82) is 0 Å². The molecular formula is C13H12O5. The quantitative estimate of drug-likeness (QED) is 0.613. The number of carbonyl (C=O) groups excluding carboxylic acids is 2. The van der Waals surface area contributed by atoms with E-state index < -0.39 is 5.97 Å². The molecule has 0 aliphatic rings. The van der Waals surface area contributed by atoms with Crippen molar-refractivity contribution in [3.63, 3.8) is 0 Å². The summed E-state index contributed by atoms with van der Waals surface area (Å²) < 4.78 is 15.2. The van der Waals surface area contributed by atoms with Gasteiger partial charge in [0, 0.05) is 12.3 Å². The summed E-state index contributed by atoms with van der Waals surface area (Å²) >= 11 is 0. The van der Waals surface area contributed by atoms with E-state index in [9.17, 15) is 9.59 Å². The first-order valence-corrected chi connectivity index (χ1v) is 5.35. The number of ether oxygens (including phenoxy) is 2. The van der Waals surface area contributed by atoms with E-state index in [-0.39, 0.29) is 18.2 Å². The van der Waals surface area contributed by atoms with E-state index in [1.54, 1.807) is 18.2 Å². The molecule has 1 aromatic carbocycles. The minimum absolute atomic E-state index is 0.149. The summed E-state index contributed by atoms with van der Waals surface area (Å²) in [6, 6.07) is 6.96. The van der Waals surface area contributed by atoms with Crippen LogP contribution in [0.1, 0.15) is 17.5 Å². The van der Waals surface area contributed by atoms with Crippen LogP contribution in [0.4, 0.5) is 0 Å². The van der Waals surface area contributed by atoms with Gasteiger partial charge in [-0.3, -0.25) is 9.59 Å². The summed E-state index contributed by atoms with van der Waals surface area (Å²) in [6.45, 7) is 0.923. The predicted octanol–water partition coefficient (Wildman–Crippen LogP) is 2.19. The highest BCUT2D eigenvalue weighted by atomic mass is 16.5. The van der Waals surface area contributed by atoms with Gasteiger partial charge in [-0.25, -0.2) is 0 Å². The maximum atomic E-state index is 11.7. The maximum absolute atomic E-state index is 11.7.